The molecule has 0 bridgehead atoms. The molecule has 0 aliphatic rings. The standard InChI is InChI=1S/C19H22FN5O/c1-3-16(26)19-12(2)11-25(24-19)18-9-13(10-21)8-17(23-18)22-15-6-4-14(20)5-7-15/h4-9,11,16,26H,3,10,21H2,1-2H3,(H,22,23). The summed E-state index contributed by atoms with van der Waals surface area (Å²) in [4.78, 5) is 4.57. The van der Waals surface area contributed by atoms with Crippen LogP contribution in [0.1, 0.15) is 36.3 Å². The Balaban J connectivity index is 1.96. The molecule has 0 saturated carbocycles. The largest absolute Gasteiger partial charge is 0.387 e. The first-order valence-electron chi connectivity index (χ1n) is 8.48. The molecule has 0 saturated heterocycles. The van der Waals surface area contributed by atoms with E-state index in [1.165, 1.54) is 12.1 Å². The molecule has 0 fully saturated rings. The molecule has 0 radical (unpaired) electrons. The number of hydrogen-bond acceptors (Lipinski definition) is 5. The van der Waals surface area contributed by atoms with Crippen LogP contribution in [-0.4, -0.2) is 19.9 Å². The van der Waals surface area contributed by atoms with E-state index in [4.69, 9.17) is 5.73 Å². The van der Waals surface area contributed by atoms with Gasteiger partial charge in [-0.2, -0.15) is 5.10 Å². The van der Waals surface area contributed by atoms with Gasteiger partial charge in [0.15, 0.2) is 5.82 Å². The van der Waals surface area contributed by atoms with Gasteiger partial charge >= 0.3 is 0 Å². The fraction of sp³-hybridized carbons (Fsp3) is 0.263. The zero-order valence-corrected chi connectivity index (χ0v) is 14.8. The molecule has 4 N–H and O–H groups in total. The summed E-state index contributed by atoms with van der Waals surface area (Å²) in [6.45, 7) is 4.15. The molecular weight excluding hydrogens is 333 g/mol. The minimum Gasteiger partial charge on any atom is -0.387 e. The van der Waals surface area contributed by atoms with Crippen molar-refractivity contribution < 1.29 is 9.50 Å². The minimum atomic E-state index is -0.606. The van der Waals surface area contributed by atoms with Gasteiger partial charge in [-0.05, 0) is 60.9 Å². The van der Waals surface area contributed by atoms with Gasteiger partial charge in [-0.1, -0.05) is 6.92 Å². The van der Waals surface area contributed by atoms with Crippen molar-refractivity contribution in [2.45, 2.75) is 32.9 Å². The highest BCUT2D eigenvalue weighted by Gasteiger charge is 2.15. The summed E-state index contributed by atoms with van der Waals surface area (Å²) in [7, 11) is 0. The van der Waals surface area contributed by atoms with Crippen molar-refractivity contribution in [2.24, 2.45) is 5.73 Å². The summed E-state index contributed by atoms with van der Waals surface area (Å²) in [6, 6.07) is 9.73. The van der Waals surface area contributed by atoms with Crippen molar-refractivity contribution in [2.75, 3.05) is 5.32 Å². The van der Waals surface area contributed by atoms with Gasteiger partial charge in [-0.3, -0.25) is 0 Å². The van der Waals surface area contributed by atoms with Crippen LogP contribution in [0.4, 0.5) is 15.9 Å². The predicted molar refractivity (Wildman–Crippen MR) is 98.9 cm³/mol. The molecule has 1 unspecified atom stereocenters. The van der Waals surface area contributed by atoms with Gasteiger partial charge < -0.3 is 16.2 Å². The van der Waals surface area contributed by atoms with Crippen molar-refractivity contribution in [3.8, 4) is 5.82 Å². The molecule has 3 rings (SSSR count). The Hall–Kier alpha value is -2.77. The van der Waals surface area contributed by atoms with E-state index in [0.717, 1.165) is 16.8 Å². The number of nitrogens with one attached hydrogen (secondary N) is 1. The van der Waals surface area contributed by atoms with Crippen LogP contribution in [0.15, 0.2) is 42.6 Å². The Morgan fingerprint density at radius 1 is 1.27 bits per heavy atom. The topological polar surface area (TPSA) is 89.0 Å². The number of nitrogens with zero attached hydrogens (tertiary/aromatic N) is 3. The number of hydrogen-bond donors (Lipinski definition) is 3. The predicted octanol–water partition coefficient (Wildman–Crippen LogP) is 3.36. The molecule has 6 nitrogen and oxygen atoms in total. The van der Waals surface area contributed by atoms with Crippen LogP contribution in [-0.2, 0) is 6.54 Å². The van der Waals surface area contributed by atoms with Crippen molar-refractivity contribution in [1.29, 1.82) is 0 Å². The minimum absolute atomic E-state index is 0.297. The van der Waals surface area contributed by atoms with E-state index in [1.807, 2.05) is 32.2 Å². The number of aromatic nitrogens is 3. The Morgan fingerprint density at radius 2 is 2.00 bits per heavy atom. The molecule has 26 heavy (non-hydrogen) atoms. The van der Waals surface area contributed by atoms with Crippen molar-refractivity contribution in [1.82, 2.24) is 14.8 Å². The lowest BCUT2D eigenvalue weighted by Crippen LogP contribution is -2.06. The number of nitrogens with two attached hydrogens (primary N) is 1. The molecule has 0 aliphatic carbocycles. The third kappa shape index (κ3) is 3.89. The van der Waals surface area contributed by atoms with Crippen molar-refractivity contribution in [3.63, 3.8) is 0 Å². The smallest absolute Gasteiger partial charge is 0.156 e. The van der Waals surface area contributed by atoms with Crippen LogP contribution in [0.3, 0.4) is 0 Å². The van der Waals surface area contributed by atoms with E-state index in [0.29, 0.717) is 30.3 Å². The van der Waals surface area contributed by atoms with E-state index in [2.05, 4.69) is 15.4 Å². The van der Waals surface area contributed by atoms with E-state index in [1.54, 1.807) is 16.8 Å². The normalized spacial score (nSPS) is 12.2. The maximum absolute atomic E-state index is 13.1. The van der Waals surface area contributed by atoms with Crippen LogP contribution in [0.2, 0.25) is 0 Å². The number of benzene rings is 1. The van der Waals surface area contributed by atoms with Gasteiger partial charge in [0.1, 0.15) is 11.6 Å². The third-order valence-electron chi connectivity index (χ3n) is 4.10. The second kappa shape index (κ2) is 7.63. The van der Waals surface area contributed by atoms with E-state index in [9.17, 15) is 9.50 Å². The molecule has 1 atom stereocenters. The van der Waals surface area contributed by atoms with Gasteiger partial charge in [0, 0.05) is 18.4 Å². The summed E-state index contributed by atoms with van der Waals surface area (Å²) in [5.41, 5.74) is 8.94. The number of halogens is 1. The lowest BCUT2D eigenvalue weighted by Gasteiger charge is -2.10. The molecule has 2 heterocycles. The van der Waals surface area contributed by atoms with Crippen LogP contribution in [0.5, 0.6) is 0 Å². The number of aryl methyl sites for hydroxylation is 1. The fourth-order valence-corrected chi connectivity index (χ4v) is 2.66. The number of aliphatic hydroxyl groups excluding tert-OH is 1. The zero-order chi connectivity index (χ0) is 18.7. The Morgan fingerprint density at radius 3 is 2.65 bits per heavy atom. The molecule has 0 aliphatic heterocycles. The monoisotopic (exact) mass is 355 g/mol. The Kier molecular flexibility index (Phi) is 5.29. The van der Waals surface area contributed by atoms with Crippen LogP contribution >= 0.6 is 0 Å². The van der Waals surface area contributed by atoms with Crippen molar-refractivity contribution in [3.05, 3.63) is 65.2 Å². The summed E-state index contributed by atoms with van der Waals surface area (Å²) in [5, 5.41) is 17.7. The fourth-order valence-electron chi connectivity index (χ4n) is 2.66. The maximum Gasteiger partial charge on any atom is 0.156 e. The molecule has 3 aromatic rings. The first-order chi connectivity index (χ1) is 12.5. The summed E-state index contributed by atoms with van der Waals surface area (Å²) in [5.74, 6) is 0.879. The Bertz CT molecular complexity index is 891. The summed E-state index contributed by atoms with van der Waals surface area (Å²) < 4.78 is 14.7. The van der Waals surface area contributed by atoms with Gasteiger partial charge in [0.2, 0.25) is 0 Å². The lowest BCUT2D eigenvalue weighted by atomic mass is 10.1. The van der Waals surface area contributed by atoms with Crippen LogP contribution < -0.4 is 11.1 Å². The van der Waals surface area contributed by atoms with Crippen molar-refractivity contribution >= 4 is 11.5 Å². The van der Waals surface area contributed by atoms with E-state index in [-0.39, 0.29) is 5.82 Å². The quantitative estimate of drug-likeness (QED) is 0.631. The zero-order valence-electron chi connectivity index (χ0n) is 14.8. The summed E-state index contributed by atoms with van der Waals surface area (Å²) >= 11 is 0. The lowest BCUT2D eigenvalue weighted by molar-refractivity contribution is 0.167. The molecule has 1 aromatic carbocycles. The van der Waals surface area contributed by atoms with Gasteiger partial charge in [-0.15, -0.1) is 0 Å². The molecule has 7 heteroatoms. The molecular formula is C19H22FN5O. The van der Waals surface area contributed by atoms with Gasteiger partial charge in [0.05, 0.1) is 11.8 Å². The van der Waals surface area contributed by atoms with Gasteiger partial charge in [0.25, 0.3) is 0 Å². The first-order valence-corrected chi connectivity index (χ1v) is 8.48. The third-order valence-corrected chi connectivity index (χ3v) is 4.10. The highest BCUT2D eigenvalue weighted by molar-refractivity contribution is 5.58. The highest BCUT2D eigenvalue weighted by Crippen LogP contribution is 2.22. The molecule has 136 valence electrons. The second-order valence-corrected chi connectivity index (χ2v) is 6.12. The summed E-state index contributed by atoms with van der Waals surface area (Å²) in [6.07, 6.45) is 1.81. The van der Waals surface area contributed by atoms with Crippen LogP contribution in [0, 0.1) is 12.7 Å². The number of pyridine rings is 1. The number of rotatable bonds is 6. The first kappa shape index (κ1) is 18.0. The maximum atomic E-state index is 13.1. The molecule has 0 spiro atoms. The van der Waals surface area contributed by atoms with Crippen LogP contribution in [0.25, 0.3) is 5.82 Å². The average molecular weight is 355 g/mol. The SMILES string of the molecule is CCC(O)c1nn(-c2cc(CN)cc(Nc3ccc(F)cc3)n2)cc1C. The Labute approximate surface area is 151 Å². The number of anilines is 2. The molecule has 2 aromatic heterocycles. The number of aliphatic hydroxyl groups is 1. The highest BCUT2D eigenvalue weighted by atomic mass is 19.1. The van der Waals surface area contributed by atoms with Gasteiger partial charge in [-0.25, -0.2) is 14.1 Å². The van der Waals surface area contributed by atoms with E-state index < -0.39 is 6.10 Å². The van der Waals surface area contributed by atoms with E-state index >= 15 is 0 Å². The average Bonchev–Trinajstić information content (AvgIpc) is 3.04. The second-order valence-electron chi connectivity index (χ2n) is 6.12. The molecule has 0 amide bonds.